The SMILES string of the molecule is COC(=O)/C=C1/CCCO1. The second-order valence-corrected chi connectivity index (χ2v) is 2.09. The number of ether oxygens (including phenoxy) is 2. The Hall–Kier alpha value is -0.990. The molecule has 1 rings (SSSR count). The minimum atomic E-state index is -0.336. The first-order chi connectivity index (χ1) is 4.83. The predicted octanol–water partition coefficient (Wildman–Crippen LogP) is 0.854. The van der Waals surface area contributed by atoms with E-state index in [1.54, 1.807) is 0 Å². The summed E-state index contributed by atoms with van der Waals surface area (Å²) in [5.74, 6) is 0.406. The van der Waals surface area contributed by atoms with Crippen LogP contribution in [0.25, 0.3) is 0 Å². The van der Waals surface area contributed by atoms with E-state index in [0.717, 1.165) is 25.2 Å². The molecule has 1 fully saturated rings. The van der Waals surface area contributed by atoms with Crippen LogP contribution < -0.4 is 0 Å². The fourth-order valence-corrected chi connectivity index (χ4v) is 0.826. The maximum atomic E-state index is 10.6. The highest BCUT2D eigenvalue weighted by atomic mass is 16.5. The summed E-state index contributed by atoms with van der Waals surface area (Å²) >= 11 is 0. The van der Waals surface area contributed by atoms with Crippen molar-refractivity contribution >= 4 is 5.97 Å². The van der Waals surface area contributed by atoms with E-state index < -0.39 is 0 Å². The minimum Gasteiger partial charge on any atom is -0.498 e. The van der Waals surface area contributed by atoms with E-state index in [1.807, 2.05) is 0 Å². The van der Waals surface area contributed by atoms with Crippen molar-refractivity contribution in [2.75, 3.05) is 13.7 Å². The number of carbonyl (C=O) groups is 1. The van der Waals surface area contributed by atoms with Crippen LogP contribution in [-0.4, -0.2) is 19.7 Å². The molecule has 1 aliphatic rings. The van der Waals surface area contributed by atoms with Crippen LogP contribution in [0.4, 0.5) is 0 Å². The van der Waals surface area contributed by atoms with E-state index in [0.29, 0.717) is 0 Å². The van der Waals surface area contributed by atoms with Gasteiger partial charge >= 0.3 is 5.97 Å². The van der Waals surface area contributed by atoms with Gasteiger partial charge in [-0.2, -0.15) is 0 Å². The number of rotatable bonds is 1. The van der Waals surface area contributed by atoms with Crippen LogP contribution in [0.1, 0.15) is 12.8 Å². The molecule has 0 bridgehead atoms. The van der Waals surface area contributed by atoms with E-state index in [1.165, 1.54) is 13.2 Å². The second kappa shape index (κ2) is 3.25. The van der Waals surface area contributed by atoms with Gasteiger partial charge in [0.25, 0.3) is 0 Å². The molecule has 0 aromatic carbocycles. The van der Waals surface area contributed by atoms with E-state index in [9.17, 15) is 4.79 Å². The van der Waals surface area contributed by atoms with Gasteiger partial charge in [-0.15, -0.1) is 0 Å². The molecule has 1 aliphatic heterocycles. The molecule has 0 aromatic heterocycles. The summed E-state index contributed by atoms with van der Waals surface area (Å²) in [7, 11) is 1.36. The molecule has 0 aromatic rings. The number of carbonyl (C=O) groups excluding carboxylic acids is 1. The van der Waals surface area contributed by atoms with Crippen LogP contribution in [0.3, 0.4) is 0 Å². The van der Waals surface area contributed by atoms with Crippen molar-refractivity contribution in [3.05, 3.63) is 11.8 Å². The van der Waals surface area contributed by atoms with E-state index in [4.69, 9.17) is 4.74 Å². The van der Waals surface area contributed by atoms with Crippen LogP contribution in [0.2, 0.25) is 0 Å². The molecule has 0 atom stereocenters. The Bertz CT molecular complexity index is 152. The maximum absolute atomic E-state index is 10.6. The molecule has 1 heterocycles. The van der Waals surface area contributed by atoms with Gasteiger partial charge in [0.15, 0.2) is 0 Å². The molecule has 0 saturated carbocycles. The topological polar surface area (TPSA) is 35.5 Å². The highest BCUT2D eigenvalue weighted by Crippen LogP contribution is 2.15. The normalized spacial score (nSPS) is 20.7. The molecule has 10 heavy (non-hydrogen) atoms. The first-order valence-electron chi connectivity index (χ1n) is 3.24. The second-order valence-electron chi connectivity index (χ2n) is 2.09. The Morgan fingerprint density at radius 3 is 3.10 bits per heavy atom. The third kappa shape index (κ3) is 1.76. The van der Waals surface area contributed by atoms with Crippen molar-refractivity contribution in [1.82, 2.24) is 0 Å². The van der Waals surface area contributed by atoms with Gasteiger partial charge in [0, 0.05) is 6.42 Å². The van der Waals surface area contributed by atoms with Crippen LogP contribution in [0.15, 0.2) is 11.8 Å². The van der Waals surface area contributed by atoms with Gasteiger partial charge in [0.1, 0.15) is 5.76 Å². The molecule has 0 spiro atoms. The number of allylic oxidation sites excluding steroid dienone is 1. The van der Waals surface area contributed by atoms with Gasteiger partial charge in [0.2, 0.25) is 0 Å². The minimum absolute atomic E-state index is 0.336. The van der Waals surface area contributed by atoms with Crippen molar-refractivity contribution in [3.63, 3.8) is 0 Å². The van der Waals surface area contributed by atoms with Gasteiger partial charge in [-0.05, 0) is 6.42 Å². The molecular formula is C7H10O3. The van der Waals surface area contributed by atoms with Gasteiger partial charge in [-0.3, -0.25) is 0 Å². The Labute approximate surface area is 59.6 Å². The fraction of sp³-hybridized carbons (Fsp3) is 0.571. The average Bonchev–Trinajstić information content (AvgIpc) is 2.40. The molecule has 3 heteroatoms. The number of esters is 1. The molecular weight excluding hydrogens is 132 g/mol. The van der Waals surface area contributed by atoms with Gasteiger partial charge in [0.05, 0.1) is 19.8 Å². The Kier molecular flexibility index (Phi) is 2.31. The van der Waals surface area contributed by atoms with Gasteiger partial charge in [-0.25, -0.2) is 4.79 Å². The van der Waals surface area contributed by atoms with Crippen LogP contribution >= 0.6 is 0 Å². The van der Waals surface area contributed by atoms with Crippen molar-refractivity contribution in [1.29, 1.82) is 0 Å². The lowest BCUT2D eigenvalue weighted by Crippen LogP contribution is -1.96. The van der Waals surface area contributed by atoms with Crippen LogP contribution in [0.5, 0.6) is 0 Å². The standard InChI is InChI=1S/C7H10O3/c1-9-7(8)5-6-3-2-4-10-6/h5H,2-4H2,1H3/b6-5-. The first-order valence-corrected chi connectivity index (χ1v) is 3.24. The third-order valence-corrected chi connectivity index (χ3v) is 1.33. The van der Waals surface area contributed by atoms with Crippen molar-refractivity contribution in [2.24, 2.45) is 0 Å². The van der Waals surface area contributed by atoms with Crippen LogP contribution in [-0.2, 0) is 14.3 Å². The molecule has 56 valence electrons. The molecule has 0 aliphatic carbocycles. The van der Waals surface area contributed by atoms with Crippen molar-refractivity contribution < 1.29 is 14.3 Å². The monoisotopic (exact) mass is 142 g/mol. The smallest absolute Gasteiger partial charge is 0.333 e. The Balaban J connectivity index is 2.45. The first kappa shape index (κ1) is 7.12. The highest BCUT2D eigenvalue weighted by Gasteiger charge is 2.08. The number of hydrogen-bond acceptors (Lipinski definition) is 3. The average molecular weight is 142 g/mol. The zero-order valence-electron chi connectivity index (χ0n) is 5.92. The summed E-state index contributed by atoms with van der Waals surface area (Å²) in [4.78, 5) is 10.6. The lowest BCUT2D eigenvalue weighted by atomic mass is 10.3. The molecule has 0 radical (unpaired) electrons. The summed E-state index contributed by atoms with van der Waals surface area (Å²) in [5.41, 5.74) is 0. The zero-order valence-corrected chi connectivity index (χ0v) is 5.92. The predicted molar refractivity (Wildman–Crippen MR) is 35.3 cm³/mol. The lowest BCUT2D eigenvalue weighted by Gasteiger charge is -1.95. The zero-order chi connectivity index (χ0) is 7.40. The quantitative estimate of drug-likeness (QED) is 0.402. The molecule has 0 amide bonds. The highest BCUT2D eigenvalue weighted by molar-refractivity contribution is 5.82. The molecule has 3 nitrogen and oxygen atoms in total. The number of methoxy groups -OCH3 is 1. The maximum Gasteiger partial charge on any atom is 0.333 e. The summed E-state index contributed by atoms with van der Waals surface area (Å²) in [6.07, 6.45) is 3.25. The summed E-state index contributed by atoms with van der Waals surface area (Å²) in [5, 5.41) is 0. The van der Waals surface area contributed by atoms with Crippen molar-refractivity contribution in [2.45, 2.75) is 12.8 Å². The Morgan fingerprint density at radius 2 is 2.60 bits per heavy atom. The molecule has 1 saturated heterocycles. The van der Waals surface area contributed by atoms with Gasteiger partial charge < -0.3 is 9.47 Å². The number of hydrogen-bond donors (Lipinski definition) is 0. The largest absolute Gasteiger partial charge is 0.498 e. The van der Waals surface area contributed by atoms with E-state index in [2.05, 4.69) is 4.74 Å². The van der Waals surface area contributed by atoms with E-state index in [-0.39, 0.29) is 5.97 Å². The third-order valence-electron chi connectivity index (χ3n) is 1.33. The van der Waals surface area contributed by atoms with Crippen molar-refractivity contribution in [3.8, 4) is 0 Å². The molecule has 0 N–H and O–H groups in total. The lowest BCUT2D eigenvalue weighted by molar-refractivity contribution is -0.135. The van der Waals surface area contributed by atoms with Crippen LogP contribution in [0, 0.1) is 0 Å². The molecule has 0 unspecified atom stereocenters. The fourth-order valence-electron chi connectivity index (χ4n) is 0.826. The summed E-state index contributed by atoms with van der Waals surface area (Å²) in [6.45, 7) is 0.725. The summed E-state index contributed by atoms with van der Waals surface area (Å²) in [6, 6.07) is 0. The summed E-state index contributed by atoms with van der Waals surface area (Å²) < 4.78 is 9.50. The van der Waals surface area contributed by atoms with Gasteiger partial charge in [-0.1, -0.05) is 0 Å². The Morgan fingerprint density at radius 1 is 1.80 bits per heavy atom. The van der Waals surface area contributed by atoms with E-state index >= 15 is 0 Å².